The number of aromatic nitrogens is 1. The highest BCUT2D eigenvalue weighted by molar-refractivity contribution is 5.87. The van der Waals surface area contributed by atoms with Gasteiger partial charge in [-0.2, -0.15) is 0 Å². The van der Waals surface area contributed by atoms with Crippen molar-refractivity contribution in [3.8, 4) is 11.1 Å². The average molecular weight is 198 g/mol. The van der Waals surface area contributed by atoms with Gasteiger partial charge in [0.25, 0.3) is 0 Å². The van der Waals surface area contributed by atoms with Crippen LogP contribution in [0, 0.1) is 0 Å². The summed E-state index contributed by atoms with van der Waals surface area (Å²) in [6.45, 7) is 0. The molecule has 1 heterocycles. The minimum atomic E-state index is 0.474. The van der Waals surface area contributed by atoms with Gasteiger partial charge in [-0.1, -0.05) is 24.3 Å². The van der Waals surface area contributed by atoms with Gasteiger partial charge >= 0.3 is 0 Å². The third-order valence-electron chi connectivity index (χ3n) is 2.19. The van der Waals surface area contributed by atoms with Gasteiger partial charge in [0.05, 0.1) is 0 Å². The summed E-state index contributed by atoms with van der Waals surface area (Å²) < 4.78 is 0. The molecule has 0 aliphatic heterocycles. The maximum absolute atomic E-state index is 10.8. The molecule has 1 aromatic heterocycles. The van der Waals surface area contributed by atoms with E-state index in [1.807, 2.05) is 24.3 Å². The van der Waals surface area contributed by atoms with Crippen LogP contribution in [0.2, 0.25) is 0 Å². The molecule has 0 unspecified atom stereocenters. The highest BCUT2D eigenvalue weighted by Crippen LogP contribution is 2.21. The Morgan fingerprint density at radius 1 is 1.13 bits per heavy atom. The molecule has 0 amide bonds. The number of pyridine rings is 1. The third kappa shape index (κ3) is 1.86. The fourth-order valence-corrected chi connectivity index (χ4v) is 1.43. The number of carbonyl (C=O) groups is 1. The molecule has 0 saturated heterocycles. The van der Waals surface area contributed by atoms with Gasteiger partial charge in [0, 0.05) is 17.3 Å². The van der Waals surface area contributed by atoms with E-state index < -0.39 is 0 Å². The molecular formula is C12H10N2O. The van der Waals surface area contributed by atoms with Crippen LogP contribution in [-0.4, -0.2) is 11.3 Å². The van der Waals surface area contributed by atoms with Crippen molar-refractivity contribution in [3.05, 3.63) is 48.2 Å². The number of nitrogens with zero attached hydrogens (tertiary/aromatic N) is 1. The Balaban J connectivity index is 2.53. The van der Waals surface area contributed by atoms with Crippen LogP contribution < -0.4 is 5.73 Å². The summed E-state index contributed by atoms with van der Waals surface area (Å²) in [6, 6.07) is 11.0. The first-order valence-corrected chi connectivity index (χ1v) is 4.57. The van der Waals surface area contributed by atoms with E-state index in [1.165, 1.54) is 0 Å². The van der Waals surface area contributed by atoms with E-state index in [-0.39, 0.29) is 0 Å². The third-order valence-corrected chi connectivity index (χ3v) is 2.19. The second-order valence-corrected chi connectivity index (χ2v) is 3.18. The SMILES string of the molecule is Nc1ccc(-c2ccccc2C=O)cn1. The van der Waals surface area contributed by atoms with Crippen molar-refractivity contribution in [3.63, 3.8) is 0 Å². The maximum Gasteiger partial charge on any atom is 0.150 e. The Bertz CT molecular complexity index is 477. The van der Waals surface area contributed by atoms with Gasteiger partial charge in [-0.15, -0.1) is 0 Å². The second-order valence-electron chi connectivity index (χ2n) is 3.18. The summed E-state index contributed by atoms with van der Waals surface area (Å²) in [5.74, 6) is 0.474. The van der Waals surface area contributed by atoms with Crippen molar-refractivity contribution in [2.45, 2.75) is 0 Å². The smallest absolute Gasteiger partial charge is 0.150 e. The lowest BCUT2D eigenvalue weighted by Gasteiger charge is -2.03. The molecular weight excluding hydrogens is 188 g/mol. The largest absolute Gasteiger partial charge is 0.384 e. The monoisotopic (exact) mass is 198 g/mol. The Hall–Kier alpha value is -2.16. The molecule has 0 bridgehead atoms. The topological polar surface area (TPSA) is 56.0 Å². The van der Waals surface area contributed by atoms with Gasteiger partial charge in [-0.25, -0.2) is 4.98 Å². The van der Waals surface area contributed by atoms with Crippen molar-refractivity contribution in [1.82, 2.24) is 4.98 Å². The molecule has 3 heteroatoms. The van der Waals surface area contributed by atoms with Gasteiger partial charge in [0.2, 0.25) is 0 Å². The van der Waals surface area contributed by atoms with E-state index in [0.717, 1.165) is 17.4 Å². The Morgan fingerprint density at radius 3 is 2.60 bits per heavy atom. The van der Waals surface area contributed by atoms with E-state index in [0.29, 0.717) is 11.4 Å². The average Bonchev–Trinajstić information content (AvgIpc) is 2.30. The summed E-state index contributed by atoms with van der Waals surface area (Å²) in [4.78, 5) is 14.8. The summed E-state index contributed by atoms with van der Waals surface area (Å²) in [6.07, 6.45) is 2.50. The zero-order chi connectivity index (χ0) is 10.7. The highest BCUT2D eigenvalue weighted by atomic mass is 16.1. The summed E-state index contributed by atoms with van der Waals surface area (Å²) in [5, 5.41) is 0. The summed E-state index contributed by atoms with van der Waals surface area (Å²) in [5.41, 5.74) is 7.92. The molecule has 0 fully saturated rings. The highest BCUT2D eigenvalue weighted by Gasteiger charge is 2.03. The molecule has 1 aromatic carbocycles. The fraction of sp³-hybridized carbons (Fsp3) is 0. The molecule has 15 heavy (non-hydrogen) atoms. The number of hydrogen-bond acceptors (Lipinski definition) is 3. The van der Waals surface area contributed by atoms with E-state index >= 15 is 0 Å². The number of benzene rings is 1. The standard InChI is InChI=1S/C12H10N2O/c13-12-6-5-9(7-14-12)11-4-2-1-3-10(11)8-15/h1-8H,(H2,13,14). The molecule has 0 radical (unpaired) electrons. The number of nitrogens with two attached hydrogens (primary N) is 1. The van der Waals surface area contributed by atoms with Crippen LogP contribution in [0.4, 0.5) is 5.82 Å². The minimum absolute atomic E-state index is 0.474. The fourth-order valence-electron chi connectivity index (χ4n) is 1.43. The van der Waals surface area contributed by atoms with Gasteiger partial charge in [0.1, 0.15) is 5.82 Å². The van der Waals surface area contributed by atoms with E-state index in [2.05, 4.69) is 4.98 Å². The predicted octanol–water partition coefficient (Wildman–Crippen LogP) is 2.14. The van der Waals surface area contributed by atoms with E-state index in [9.17, 15) is 4.79 Å². The first-order chi connectivity index (χ1) is 7.31. The quantitative estimate of drug-likeness (QED) is 0.752. The zero-order valence-corrected chi connectivity index (χ0v) is 8.05. The number of hydrogen-bond donors (Lipinski definition) is 1. The van der Waals surface area contributed by atoms with Crippen molar-refractivity contribution in [2.75, 3.05) is 5.73 Å². The molecule has 0 aliphatic carbocycles. The van der Waals surface area contributed by atoms with Crippen LogP contribution in [0.5, 0.6) is 0 Å². The molecule has 2 aromatic rings. The molecule has 74 valence electrons. The van der Waals surface area contributed by atoms with Crippen LogP contribution in [0.25, 0.3) is 11.1 Å². The minimum Gasteiger partial charge on any atom is -0.384 e. The van der Waals surface area contributed by atoms with Gasteiger partial charge in [-0.05, 0) is 17.7 Å². The number of carbonyl (C=O) groups excluding carboxylic acids is 1. The summed E-state index contributed by atoms with van der Waals surface area (Å²) in [7, 11) is 0. The van der Waals surface area contributed by atoms with Crippen molar-refractivity contribution in [1.29, 1.82) is 0 Å². The number of nitrogen functional groups attached to an aromatic ring is 1. The van der Waals surface area contributed by atoms with Gasteiger partial charge in [-0.3, -0.25) is 4.79 Å². The first kappa shape index (κ1) is 9.40. The molecule has 0 spiro atoms. The molecule has 3 nitrogen and oxygen atoms in total. The van der Waals surface area contributed by atoms with Crippen molar-refractivity contribution < 1.29 is 4.79 Å². The summed E-state index contributed by atoms with van der Waals surface area (Å²) >= 11 is 0. The lowest BCUT2D eigenvalue weighted by molar-refractivity contribution is 0.112. The molecule has 0 aliphatic rings. The predicted molar refractivity (Wildman–Crippen MR) is 59.5 cm³/mol. The Labute approximate surface area is 87.6 Å². The zero-order valence-electron chi connectivity index (χ0n) is 8.05. The van der Waals surface area contributed by atoms with Crippen LogP contribution in [0.15, 0.2) is 42.6 Å². The molecule has 0 atom stereocenters. The van der Waals surface area contributed by atoms with Crippen LogP contribution in [0.1, 0.15) is 10.4 Å². The molecule has 0 saturated carbocycles. The molecule has 2 rings (SSSR count). The van der Waals surface area contributed by atoms with Crippen LogP contribution in [-0.2, 0) is 0 Å². The normalized spacial score (nSPS) is 9.87. The second kappa shape index (κ2) is 3.92. The lowest BCUT2D eigenvalue weighted by atomic mass is 10.0. The van der Waals surface area contributed by atoms with E-state index in [1.54, 1.807) is 18.3 Å². The number of aldehydes is 1. The van der Waals surface area contributed by atoms with Gasteiger partial charge in [0.15, 0.2) is 6.29 Å². The van der Waals surface area contributed by atoms with E-state index in [4.69, 9.17) is 5.73 Å². The number of anilines is 1. The number of rotatable bonds is 2. The Morgan fingerprint density at radius 2 is 1.93 bits per heavy atom. The molecule has 2 N–H and O–H groups in total. The maximum atomic E-state index is 10.8. The van der Waals surface area contributed by atoms with Crippen LogP contribution >= 0.6 is 0 Å². The van der Waals surface area contributed by atoms with Crippen molar-refractivity contribution >= 4 is 12.1 Å². The lowest BCUT2D eigenvalue weighted by Crippen LogP contribution is -1.91. The van der Waals surface area contributed by atoms with Crippen molar-refractivity contribution in [2.24, 2.45) is 0 Å². The Kier molecular flexibility index (Phi) is 2.46. The first-order valence-electron chi connectivity index (χ1n) is 4.57. The van der Waals surface area contributed by atoms with Gasteiger partial charge < -0.3 is 5.73 Å². The van der Waals surface area contributed by atoms with Crippen LogP contribution in [0.3, 0.4) is 0 Å².